The molecule has 1 saturated carbocycles. The summed E-state index contributed by atoms with van der Waals surface area (Å²) < 4.78 is 11.4. The van der Waals surface area contributed by atoms with E-state index in [-0.39, 0.29) is 6.10 Å². The maximum atomic E-state index is 11.8. The molecule has 0 bridgehead atoms. The van der Waals surface area contributed by atoms with Crippen molar-refractivity contribution in [2.45, 2.75) is 51.9 Å². The lowest BCUT2D eigenvalue weighted by molar-refractivity contribution is -0.311. The monoisotopic (exact) mass is 198 g/mol. The molecule has 2 aliphatic rings. The molecule has 0 N–H and O–H groups in total. The molecule has 80 valence electrons. The fourth-order valence-corrected chi connectivity index (χ4v) is 2.29. The van der Waals surface area contributed by atoms with Crippen molar-refractivity contribution in [2.75, 3.05) is 6.61 Å². The van der Waals surface area contributed by atoms with Crippen molar-refractivity contribution in [3.05, 3.63) is 0 Å². The zero-order chi connectivity index (χ0) is 10.4. The van der Waals surface area contributed by atoms with E-state index in [0.717, 1.165) is 12.8 Å². The van der Waals surface area contributed by atoms with Crippen LogP contribution in [0.25, 0.3) is 0 Å². The molecule has 0 radical (unpaired) electrons. The highest BCUT2D eigenvalue weighted by atomic mass is 16.7. The Bertz CT molecular complexity index is 259. The Labute approximate surface area is 84.8 Å². The number of rotatable bonds is 0. The Morgan fingerprint density at radius 2 is 2.07 bits per heavy atom. The third-order valence-corrected chi connectivity index (χ3v) is 3.36. The SMILES string of the molecule is CC1(C)OC[C@@]2(C)C(=O)CCC[C@@H]2O1. The Hall–Kier alpha value is -0.410. The third kappa shape index (κ3) is 1.48. The minimum absolute atomic E-state index is 0.0486. The Balaban J connectivity index is 2.20. The zero-order valence-electron chi connectivity index (χ0n) is 9.13. The number of Topliss-reactive ketones (excluding diaryl/α,β-unsaturated/α-hetero) is 1. The molecule has 3 heteroatoms. The normalized spacial score (nSPS) is 41.9. The minimum atomic E-state index is -0.526. The predicted octanol–water partition coefficient (Wildman–Crippen LogP) is 1.90. The van der Waals surface area contributed by atoms with Gasteiger partial charge in [-0.2, -0.15) is 0 Å². The van der Waals surface area contributed by atoms with Crippen molar-refractivity contribution in [3.63, 3.8) is 0 Å². The van der Waals surface area contributed by atoms with Gasteiger partial charge in [-0.25, -0.2) is 0 Å². The second-order valence-electron chi connectivity index (χ2n) is 5.03. The molecule has 0 amide bonds. The van der Waals surface area contributed by atoms with Crippen LogP contribution in [0.3, 0.4) is 0 Å². The second kappa shape index (κ2) is 3.04. The summed E-state index contributed by atoms with van der Waals surface area (Å²) in [6.07, 6.45) is 2.66. The van der Waals surface area contributed by atoms with Crippen molar-refractivity contribution < 1.29 is 14.3 Å². The van der Waals surface area contributed by atoms with Gasteiger partial charge in [-0.3, -0.25) is 4.79 Å². The minimum Gasteiger partial charge on any atom is -0.349 e. The van der Waals surface area contributed by atoms with Crippen LogP contribution in [0.1, 0.15) is 40.0 Å². The quantitative estimate of drug-likeness (QED) is 0.596. The molecule has 0 aromatic rings. The first kappa shape index (κ1) is 10.1. The summed E-state index contributed by atoms with van der Waals surface area (Å²) in [5, 5.41) is 0. The summed E-state index contributed by atoms with van der Waals surface area (Å²) in [6.45, 7) is 6.29. The largest absolute Gasteiger partial charge is 0.349 e. The van der Waals surface area contributed by atoms with Gasteiger partial charge in [0.05, 0.1) is 18.1 Å². The molecule has 1 aliphatic heterocycles. The summed E-state index contributed by atoms with van der Waals surface area (Å²) >= 11 is 0. The van der Waals surface area contributed by atoms with Gasteiger partial charge in [0.15, 0.2) is 5.79 Å². The average molecular weight is 198 g/mol. The number of hydrogen-bond acceptors (Lipinski definition) is 3. The molecule has 0 spiro atoms. The third-order valence-electron chi connectivity index (χ3n) is 3.36. The van der Waals surface area contributed by atoms with Crippen LogP contribution in [0.4, 0.5) is 0 Å². The van der Waals surface area contributed by atoms with Crippen molar-refractivity contribution in [3.8, 4) is 0 Å². The highest BCUT2D eigenvalue weighted by Crippen LogP contribution is 2.42. The fraction of sp³-hybridized carbons (Fsp3) is 0.909. The number of hydrogen-bond donors (Lipinski definition) is 0. The zero-order valence-corrected chi connectivity index (χ0v) is 9.13. The van der Waals surface area contributed by atoms with E-state index in [1.807, 2.05) is 20.8 Å². The topological polar surface area (TPSA) is 35.5 Å². The fourth-order valence-electron chi connectivity index (χ4n) is 2.29. The van der Waals surface area contributed by atoms with E-state index in [1.165, 1.54) is 0 Å². The van der Waals surface area contributed by atoms with E-state index in [2.05, 4.69) is 0 Å². The van der Waals surface area contributed by atoms with Gasteiger partial charge in [0.1, 0.15) is 5.78 Å². The van der Waals surface area contributed by atoms with Crippen LogP contribution in [0.2, 0.25) is 0 Å². The highest BCUT2D eigenvalue weighted by Gasteiger charge is 2.50. The van der Waals surface area contributed by atoms with Crippen LogP contribution in [-0.4, -0.2) is 24.3 Å². The van der Waals surface area contributed by atoms with Crippen molar-refractivity contribution in [1.29, 1.82) is 0 Å². The van der Waals surface area contributed by atoms with E-state index in [4.69, 9.17) is 9.47 Å². The molecular weight excluding hydrogens is 180 g/mol. The number of carbonyl (C=O) groups excluding carboxylic acids is 1. The molecule has 0 unspecified atom stereocenters. The molecule has 2 atom stereocenters. The van der Waals surface area contributed by atoms with Crippen LogP contribution in [0.15, 0.2) is 0 Å². The Morgan fingerprint density at radius 1 is 1.36 bits per heavy atom. The van der Waals surface area contributed by atoms with E-state index >= 15 is 0 Å². The molecular formula is C11H18O3. The smallest absolute Gasteiger partial charge is 0.163 e. The summed E-state index contributed by atoms with van der Waals surface area (Å²) in [5.74, 6) is -0.230. The van der Waals surface area contributed by atoms with Crippen LogP contribution < -0.4 is 0 Å². The van der Waals surface area contributed by atoms with Crippen molar-refractivity contribution in [2.24, 2.45) is 5.41 Å². The molecule has 3 nitrogen and oxygen atoms in total. The van der Waals surface area contributed by atoms with E-state index in [9.17, 15) is 4.79 Å². The van der Waals surface area contributed by atoms with Gasteiger partial charge in [0.25, 0.3) is 0 Å². The van der Waals surface area contributed by atoms with Crippen LogP contribution in [0.5, 0.6) is 0 Å². The number of ether oxygens (including phenoxy) is 2. The lowest BCUT2D eigenvalue weighted by atomic mass is 9.72. The molecule has 1 heterocycles. The summed E-state index contributed by atoms with van der Waals surface area (Å²) in [7, 11) is 0. The molecule has 0 aromatic heterocycles. The Morgan fingerprint density at radius 3 is 2.79 bits per heavy atom. The van der Waals surface area contributed by atoms with Crippen molar-refractivity contribution in [1.82, 2.24) is 0 Å². The standard InChI is InChI=1S/C11H18O3/c1-10(2)13-7-11(3)8(12)5-4-6-9(11)14-10/h9H,4-7H2,1-3H3/t9-,11-/m0/s1. The predicted molar refractivity (Wildman–Crippen MR) is 51.9 cm³/mol. The maximum Gasteiger partial charge on any atom is 0.163 e. The lowest BCUT2D eigenvalue weighted by Gasteiger charge is -2.48. The maximum absolute atomic E-state index is 11.8. The first-order chi connectivity index (χ1) is 6.44. The van der Waals surface area contributed by atoms with Gasteiger partial charge in [-0.1, -0.05) is 0 Å². The summed E-state index contributed by atoms with van der Waals surface area (Å²) in [4.78, 5) is 11.8. The van der Waals surface area contributed by atoms with Gasteiger partial charge in [0, 0.05) is 6.42 Å². The van der Waals surface area contributed by atoms with Gasteiger partial charge in [-0.05, 0) is 33.6 Å². The van der Waals surface area contributed by atoms with Gasteiger partial charge < -0.3 is 9.47 Å². The molecule has 0 aromatic carbocycles. The molecule has 14 heavy (non-hydrogen) atoms. The number of carbonyl (C=O) groups is 1. The van der Waals surface area contributed by atoms with Gasteiger partial charge >= 0.3 is 0 Å². The molecule has 2 rings (SSSR count). The van der Waals surface area contributed by atoms with Gasteiger partial charge in [-0.15, -0.1) is 0 Å². The lowest BCUT2D eigenvalue weighted by Crippen LogP contribution is -2.56. The highest BCUT2D eigenvalue weighted by molar-refractivity contribution is 5.86. The van der Waals surface area contributed by atoms with E-state index < -0.39 is 11.2 Å². The first-order valence-electron chi connectivity index (χ1n) is 5.29. The number of ketones is 1. The molecule has 1 saturated heterocycles. The van der Waals surface area contributed by atoms with Crippen LogP contribution in [0, 0.1) is 5.41 Å². The van der Waals surface area contributed by atoms with Gasteiger partial charge in [0.2, 0.25) is 0 Å². The Kier molecular flexibility index (Phi) is 2.20. The van der Waals surface area contributed by atoms with Crippen LogP contribution >= 0.6 is 0 Å². The van der Waals surface area contributed by atoms with E-state index in [1.54, 1.807) is 0 Å². The first-order valence-corrected chi connectivity index (χ1v) is 5.29. The van der Waals surface area contributed by atoms with E-state index in [0.29, 0.717) is 18.8 Å². The van der Waals surface area contributed by atoms with Crippen LogP contribution in [-0.2, 0) is 14.3 Å². The molecule has 2 fully saturated rings. The number of fused-ring (bicyclic) bond motifs is 1. The second-order valence-corrected chi connectivity index (χ2v) is 5.03. The summed E-state index contributed by atoms with van der Waals surface area (Å²) in [5.41, 5.74) is -0.395. The molecule has 1 aliphatic carbocycles. The summed E-state index contributed by atoms with van der Waals surface area (Å²) in [6, 6.07) is 0. The van der Waals surface area contributed by atoms with Crippen molar-refractivity contribution >= 4 is 5.78 Å². The average Bonchev–Trinajstić information content (AvgIpc) is 2.09.